The molecule has 0 N–H and O–H groups in total. The van der Waals surface area contributed by atoms with Crippen LogP contribution in [-0.2, 0) is 0 Å². The van der Waals surface area contributed by atoms with E-state index in [1.807, 2.05) is 12.3 Å². The Morgan fingerprint density at radius 3 is 1.96 bits per heavy atom. The monoisotopic (exact) mass is 654 g/mol. The molecule has 4 nitrogen and oxygen atoms in total. The van der Waals surface area contributed by atoms with Gasteiger partial charge in [0.1, 0.15) is 5.65 Å². The number of aromatic nitrogens is 3. The van der Waals surface area contributed by atoms with E-state index in [9.17, 15) is 0 Å². The highest BCUT2D eigenvalue weighted by atomic mass is 15.2. The standard InChI is InChI=1S/C47H34N4/c1-49-44(32-14-5-2-6-15-32)30-37(31-45(49)33-16-7-3-8-17-33)51-43-26-24-34(28-41(43)40-21-13-27-48-47(40)51)35-23-25-39-38-20-11-12-22-42(38)50(46(39)29-35)36-18-9-4-10-19-36/h2-31,44H,1H3. The van der Waals surface area contributed by atoms with Crippen molar-refractivity contribution in [2.75, 3.05) is 7.05 Å². The second-order valence-corrected chi connectivity index (χ2v) is 13.3. The molecule has 0 fully saturated rings. The predicted octanol–water partition coefficient (Wildman–Crippen LogP) is 11.5. The van der Waals surface area contributed by atoms with Crippen molar-refractivity contribution in [1.82, 2.24) is 19.0 Å². The third-order valence-corrected chi connectivity index (χ3v) is 10.4. The maximum atomic E-state index is 5.00. The molecule has 0 aliphatic carbocycles. The first kappa shape index (κ1) is 29.3. The first-order chi connectivity index (χ1) is 25.2. The van der Waals surface area contributed by atoms with Crippen molar-refractivity contribution >= 4 is 55.1 Å². The van der Waals surface area contributed by atoms with Crippen LogP contribution in [0.25, 0.3) is 72.0 Å². The molecule has 1 atom stereocenters. The molecule has 242 valence electrons. The molecule has 4 heterocycles. The van der Waals surface area contributed by atoms with E-state index in [2.05, 4.69) is 191 Å². The first-order valence-corrected chi connectivity index (χ1v) is 17.5. The van der Waals surface area contributed by atoms with Gasteiger partial charge in [-0.05, 0) is 82.9 Å². The quantitative estimate of drug-likeness (QED) is 0.185. The van der Waals surface area contributed by atoms with Crippen LogP contribution in [0.1, 0.15) is 17.2 Å². The third-order valence-electron chi connectivity index (χ3n) is 10.4. The van der Waals surface area contributed by atoms with Crippen LogP contribution < -0.4 is 0 Å². The van der Waals surface area contributed by atoms with E-state index in [4.69, 9.17) is 4.98 Å². The van der Waals surface area contributed by atoms with Gasteiger partial charge in [-0.1, -0.05) is 115 Å². The number of fused-ring (bicyclic) bond motifs is 6. The van der Waals surface area contributed by atoms with Gasteiger partial charge in [0.05, 0.1) is 22.6 Å². The Balaban J connectivity index is 1.17. The van der Waals surface area contributed by atoms with Crippen molar-refractivity contribution in [2.24, 2.45) is 0 Å². The summed E-state index contributed by atoms with van der Waals surface area (Å²) in [5.41, 5.74) is 12.7. The average molecular weight is 655 g/mol. The van der Waals surface area contributed by atoms with Crippen LogP contribution in [0.15, 0.2) is 182 Å². The number of para-hydroxylation sites is 2. The van der Waals surface area contributed by atoms with Crippen LogP contribution in [0.4, 0.5) is 0 Å². The van der Waals surface area contributed by atoms with Gasteiger partial charge in [0.15, 0.2) is 0 Å². The number of likely N-dealkylation sites (N-methyl/N-ethyl adjacent to an activating group) is 1. The van der Waals surface area contributed by atoms with Gasteiger partial charge in [-0.15, -0.1) is 0 Å². The number of nitrogens with zero attached hydrogens (tertiary/aromatic N) is 4. The molecular formula is C47H34N4. The second kappa shape index (κ2) is 11.7. The Morgan fingerprint density at radius 2 is 1.14 bits per heavy atom. The number of pyridine rings is 1. The van der Waals surface area contributed by atoms with E-state index < -0.39 is 0 Å². The zero-order chi connectivity index (χ0) is 33.9. The zero-order valence-electron chi connectivity index (χ0n) is 28.2. The van der Waals surface area contributed by atoms with Gasteiger partial charge >= 0.3 is 0 Å². The minimum atomic E-state index is 0.0555. The van der Waals surface area contributed by atoms with Gasteiger partial charge in [-0.3, -0.25) is 4.57 Å². The van der Waals surface area contributed by atoms with E-state index in [0.29, 0.717) is 0 Å². The van der Waals surface area contributed by atoms with Gasteiger partial charge in [-0.2, -0.15) is 0 Å². The van der Waals surface area contributed by atoms with E-state index >= 15 is 0 Å². The molecule has 10 rings (SSSR count). The number of allylic oxidation sites excluding steroid dienone is 2. The summed E-state index contributed by atoms with van der Waals surface area (Å²) in [5.74, 6) is 0. The lowest BCUT2D eigenvalue weighted by Crippen LogP contribution is -2.25. The molecule has 51 heavy (non-hydrogen) atoms. The van der Waals surface area contributed by atoms with E-state index in [1.54, 1.807) is 0 Å². The zero-order valence-corrected chi connectivity index (χ0v) is 28.2. The Bertz CT molecular complexity index is 2810. The summed E-state index contributed by atoms with van der Waals surface area (Å²) in [4.78, 5) is 7.37. The van der Waals surface area contributed by atoms with Crippen LogP contribution in [-0.4, -0.2) is 26.1 Å². The molecule has 0 spiro atoms. The van der Waals surface area contributed by atoms with Crippen LogP contribution in [0.3, 0.4) is 0 Å². The van der Waals surface area contributed by atoms with Crippen LogP contribution >= 0.6 is 0 Å². The van der Waals surface area contributed by atoms with Crippen molar-refractivity contribution in [1.29, 1.82) is 0 Å². The van der Waals surface area contributed by atoms with Crippen LogP contribution in [0.5, 0.6) is 0 Å². The summed E-state index contributed by atoms with van der Waals surface area (Å²) in [6.07, 6.45) is 6.59. The highest BCUT2D eigenvalue weighted by Gasteiger charge is 2.26. The van der Waals surface area contributed by atoms with Gasteiger partial charge in [-0.25, -0.2) is 4.98 Å². The maximum absolute atomic E-state index is 5.00. The number of rotatable bonds is 5. The fourth-order valence-electron chi connectivity index (χ4n) is 8.01. The normalized spacial score (nSPS) is 14.8. The third kappa shape index (κ3) is 4.72. The summed E-state index contributed by atoms with van der Waals surface area (Å²) >= 11 is 0. The van der Waals surface area contributed by atoms with Crippen LogP contribution in [0, 0.1) is 0 Å². The lowest BCUT2D eigenvalue weighted by Gasteiger charge is -2.35. The smallest absolute Gasteiger partial charge is 0.145 e. The van der Waals surface area contributed by atoms with Gasteiger partial charge in [0, 0.05) is 51.9 Å². The van der Waals surface area contributed by atoms with Gasteiger partial charge < -0.3 is 9.47 Å². The molecule has 1 aliphatic rings. The minimum Gasteiger partial charge on any atom is -0.363 e. The molecule has 9 aromatic rings. The Labute approximate surface area is 296 Å². The molecule has 3 aromatic heterocycles. The molecule has 0 bridgehead atoms. The van der Waals surface area contributed by atoms with Crippen molar-refractivity contribution in [2.45, 2.75) is 6.04 Å². The van der Waals surface area contributed by atoms with Crippen molar-refractivity contribution in [3.05, 3.63) is 193 Å². The first-order valence-electron chi connectivity index (χ1n) is 17.5. The summed E-state index contributed by atoms with van der Waals surface area (Å²) in [6, 6.07) is 58.9. The van der Waals surface area contributed by atoms with Crippen molar-refractivity contribution in [3.8, 4) is 16.8 Å². The van der Waals surface area contributed by atoms with Crippen LogP contribution in [0.2, 0.25) is 0 Å². The number of benzene rings is 6. The molecular weight excluding hydrogens is 621 g/mol. The highest BCUT2D eigenvalue weighted by Crippen LogP contribution is 2.41. The molecule has 6 aromatic carbocycles. The topological polar surface area (TPSA) is 26.0 Å². The molecule has 0 amide bonds. The van der Waals surface area contributed by atoms with E-state index in [-0.39, 0.29) is 6.04 Å². The molecule has 0 saturated heterocycles. The van der Waals surface area contributed by atoms with Gasteiger partial charge in [0.25, 0.3) is 0 Å². The second-order valence-electron chi connectivity index (χ2n) is 13.3. The predicted molar refractivity (Wildman–Crippen MR) is 213 cm³/mol. The number of hydrogen-bond donors (Lipinski definition) is 0. The molecule has 1 unspecified atom stereocenters. The number of hydrogen-bond acceptors (Lipinski definition) is 2. The fraction of sp³-hybridized carbons (Fsp3) is 0.0426. The minimum absolute atomic E-state index is 0.0555. The SMILES string of the molecule is CN1C(c2ccccc2)=CC(n2c3ccc(-c4ccc5c6ccccc6n(-c6ccccc6)c5c4)cc3c3cccnc32)=CC1c1ccccc1. The summed E-state index contributed by atoms with van der Waals surface area (Å²) < 4.78 is 4.73. The molecule has 0 saturated carbocycles. The van der Waals surface area contributed by atoms with Crippen molar-refractivity contribution in [3.63, 3.8) is 0 Å². The average Bonchev–Trinajstić information content (AvgIpc) is 3.71. The van der Waals surface area contributed by atoms with Gasteiger partial charge in [0.2, 0.25) is 0 Å². The largest absolute Gasteiger partial charge is 0.363 e. The fourth-order valence-corrected chi connectivity index (χ4v) is 8.01. The summed E-state index contributed by atoms with van der Waals surface area (Å²) in [5, 5.41) is 4.84. The Hall–Kier alpha value is -6.65. The molecule has 1 aliphatic heterocycles. The molecule has 4 heteroatoms. The summed E-state index contributed by atoms with van der Waals surface area (Å²) in [7, 11) is 2.19. The lowest BCUT2D eigenvalue weighted by atomic mass is 9.97. The van der Waals surface area contributed by atoms with E-state index in [1.165, 1.54) is 55.1 Å². The Kier molecular flexibility index (Phi) is 6.75. The maximum Gasteiger partial charge on any atom is 0.145 e. The molecule has 0 radical (unpaired) electrons. The Morgan fingerprint density at radius 1 is 0.490 bits per heavy atom. The summed E-state index contributed by atoms with van der Waals surface area (Å²) in [6.45, 7) is 0. The lowest BCUT2D eigenvalue weighted by molar-refractivity contribution is 0.412. The van der Waals surface area contributed by atoms with Crippen molar-refractivity contribution < 1.29 is 0 Å². The van der Waals surface area contributed by atoms with E-state index in [0.717, 1.165) is 27.9 Å². The highest BCUT2D eigenvalue weighted by molar-refractivity contribution is 6.12.